The number of primary amides is 1. The molecule has 1 aliphatic heterocycles. The van der Waals surface area contributed by atoms with Crippen LogP contribution in [0.25, 0.3) is 0 Å². The van der Waals surface area contributed by atoms with Gasteiger partial charge in [-0.05, 0) is 48.4 Å². The summed E-state index contributed by atoms with van der Waals surface area (Å²) in [6.07, 6.45) is 6.45. The number of nitrogens with zero attached hydrogens (tertiary/aromatic N) is 2. The zero-order valence-electron chi connectivity index (χ0n) is 20.0. The summed E-state index contributed by atoms with van der Waals surface area (Å²) in [4.78, 5) is 35.7. The fourth-order valence-corrected chi connectivity index (χ4v) is 5.60. The second-order valence-corrected chi connectivity index (χ2v) is 9.94. The summed E-state index contributed by atoms with van der Waals surface area (Å²) in [5.74, 6) is -0.305. The number of carbonyl (C=O) groups excluding carboxylic acids is 2. The highest BCUT2D eigenvalue weighted by Crippen LogP contribution is 2.53. The van der Waals surface area contributed by atoms with Crippen LogP contribution < -0.4 is 10.5 Å². The number of H-pyrrole nitrogens is 1. The van der Waals surface area contributed by atoms with E-state index in [1.807, 2.05) is 35.2 Å². The highest BCUT2D eigenvalue weighted by molar-refractivity contribution is 5.88. The topological polar surface area (TPSA) is 101 Å². The van der Waals surface area contributed by atoms with Crippen molar-refractivity contribution in [2.45, 2.75) is 31.1 Å². The Morgan fingerprint density at radius 1 is 1.09 bits per heavy atom. The van der Waals surface area contributed by atoms with Gasteiger partial charge >= 0.3 is 0 Å². The fraction of sp³-hybridized carbons (Fsp3) is 0.393. The Morgan fingerprint density at radius 2 is 1.80 bits per heavy atom. The van der Waals surface area contributed by atoms with Crippen LogP contribution >= 0.6 is 0 Å². The Hall–Kier alpha value is -3.61. The van der Waals surface area contributed by atoms with Crippen LogP contribution in [0.2, 0.25) is 0 Å². The summed E-state index contributed by atoms with van der Waals surface area (Å²) in [5.41, 5.74) is 8.98. The SMILES string of the molecule is COc1ccc(C[C@@H](C(=O)N2CC(c3ccccc3)(C3CC3)C2)C(Cc2cnc[nH]2)C(N)=O)cc1. The van der Waals surface area contributed by atoms with Gasteiger partial charge in [0.15, 0.2) is 0 Å². The predicted octanol–water partition coefficient (Wildman–Crippen LogP) is 3.11. The summed E-state index contributed by atoms with van der Waals surface area (Å²) in [6, 6.07) is 18.2. The zero-order chi connectivity index (χ0) is 24.4. The second-order valence-electron chi connectivity index (χ2n) is 9.94. The van der Waals surface area contributed by atoms with Gasteiger partial charge in [-0.3, -0.25) is 9.59 Å². The normalized spacial score (nSPS) is 18.4. The van der Waals surface area contributed by atoms with Gasteiger partial charge in [-0.1, -0.05) is 42.5 Å². The molecule has 5 rings (SSSR count). The molecule has 3 aromatic rings. The number of hydrogen-bond acceptors (Lipinski definition) is 4. The molecule has 1 saturated heterocycles. The summed E-state index contributed by atoms with van der Waals surface area (Å²) in [7, 11) is 1.62. The molecule has 2 atom stereocenters. The molecule has 7 nitrogen and oxygen atoms in total. The Balaban J connectivity index is 1.40. The fourth-order valence-electron chi connectivity index (χ4n) is 5.60. The molecule has 2 amide bonds. The number of rotatable bonds is 10. The van der Waals surface area contributed by atoms with E-state index in [9.17, 15) is 9.59 Å². The van der Waals surface area contributed by atoms with E-state index in [0.717, 1.165) is 17.0 Å². The molecule has 1 unspecified atom stereocenters. The smallest absolute Gasteiger partial charge is 0.226 e. The first-order valence-electron chi connectivity index (χ1n) is 12.2. The van der Waals surface area contributed by atoms with Gasteiger partial charge in [0.05, 0.1) is 25.3 Å². The molecule has 0 bridgehead atoms. The number of likely N-dealkylation sites (tertiary alicyclic amines) is 1. The first-order valence-corrected chi connectivity index (χ1v) is 12.2. The number of nitrogens with one attached hydrogen (secondary N) is 1. The molecule has 35 heavy (non-hydrogen) atoms. The lowest BCUT2D eigenvalue weighted by Gasteiger charge is -2.52. The maximum absolute atomic E-state index is 14.0. The predicted molar refractivity (Wildman–Crippen MR) is 133 cm³/mol. The summed E-state index contributed by atoms with van der Waals surface area (Å²) >= 11 is 0. The molecule has 0 radical (unpaired) electrons. The van der Waals surface area contributed by atoms with Gasteiger partial charge in [0.2, 0.25) is 11.8 Å². The molecule has 0 spiro atoms. The third-order valence-corrected chi connectivity index (χ3v) is 7.74. The number of benzene rings is 2. The lowest BCUT2D eigenvalue weighted by molar-refractivity contribution is -0.148. The van der Waals surface area contributed by atoms with Crippen LogP contribution in [-0.4, -0.2) is 46.9 Å². The minimum Gasteiger partial charge on any atom is -0.497 e. The van der Waals surface area contributed by atoms with Gasteiger partial charge in [-0.2, -0.15) is 0 Å². The first kappa shape index (κ1) is 23.1. The number of aromatic nitrogens is 2. The van der Waals surface area contributed by atoms with E-state index in [1.165, 1.54) is 18.4 Å². The Labute approximate surface area is 205 Å². The molecule has 1 saturated carbocycles. The van der Waals surface area contributed by atoms with Gasteiger partial charge in [-0.15, -0.1) is 0 Å². The number of aromatic amines is 1. The third-order valence-electron chi connectivity index (χ3n) is 7.74. The van der Waals surface area contributed by atoms with E-state index >= 15 is 0 Å². The second kappa shape index (κ2) is 9.56. The summed E-state index contributed by atoms with van der Waals surface area (Å²) in [6.45, 7) is 1.38. The Morgan fingerprint density at radius 3 is 2.37 bits per heavy atom. The Bertz CT molecular complexity index is 1150. The number of methoxy groups -OCH3 is 1. The van der Waals surface area contributed by atoms with Gasteiger partial charge in [0, 0.05) is 36.8 Å². The van der Waals surface area contributed by atoms with Crippen molar-refractivity contribution in [2.75, 3.05) is 20.2 Å². The van der Waals surface area contributed by atoms with Gasteiger partial charge in [0.25, 0.3) is 0 Å². The molecular weight excluding hydrogens is 440 g/mol. The van der Waals surface area contributed by atoms with E-state index in [0.29, 0.717) is 31.8 Å². The summed E-state index contributed by atoms with van der Waals surface area (Å²) < 4.78 is 5.28. The molecular formula is C28H32N4O3. The van der Waals surface area contributed by atoms with Gasteiger partial charge in [-0.25, -0.2) is 4.98 Å². The zero-order valence-corrected chi connectivity index (χ0v) is 20.0. The first-order chi connectivity index (χ1) is 17.0. The monoisotopic (exact) mass is 472 g/mol. The van der Waals surface area contributed by atoms with Crippen molar-refractivity contribution in [1.29, 1.82) is 0 Å². The minimum atomic E-state index is -0.641. The molecule has 2 heterocycles. The lowest BCUT2D eigenvalue weighted by Crippen LogP contribution is -2.64. The number of imidazole rings is 1. The highest BCUT2D eigenvalue weighted by Gasteiger charge is 2.56. The van der Waals surface area contributed by atoms with E-state index in [2.05, 4.69) is 34.2 Å². The Kier molecular flexibility index (Phi) is 6.32. The number of nitrogens with two attached hydrogens (primary N) is 1. The maximum Gasteiger partial charge on any atom is 0.226 e. The van der Waals surface area contributed by atoms with Gasteiger partial charge < -0.3 is 20.4 Å². The van der Waals surface area contributed by atoms with E-state index in [4.69, 9.17) is 10.5 Å². The van der Waals surface area contributed by atoms with Crippen molar-refractivity contribution in [2.24, 2.45) is 23.5 Å². The minimum absolute atomic E-state index is 0.00339. The van der Waals surface area contributed by atoms with Crippen LogP contribution in [0, 0.1) is 17.8 Å². The number of amides is 2. The van der Waals surface area contributed by atoms with Crippen molar-refractivity contribution in [1.82, 2.24) is 14.9 Å². The van der Waals surface area contributed by atoms with E-state index in [1.54, 1.807) is 19.6 Å². The average Bonchev–Trinajstić information content (AvgIpc) is 3.56. The highest BCUT2D eigenvalue weighted by atomic mass is 16.5. The largest absolute Gasteiger partial charge is 0.497 e. The van der Waals surface area contributed by atoms with Crippen molar-refractivity contribution in [3.8, 4) is 5.75 Å². The van der Waals surface area contributed by atoms with Crippen LogP contribution in [-0.2, 0) is 27.8 Å². The van der Waals surface area contributed by atoms with Crippen molar-refractivity contribution in [3.63, 3.8) is 0 Å². The van der Waals surface area contributed by atoms with Crippen molar-refractivity contribution < 1.29 is 14.3 Å². The van der Waals surface area contributed by atoms with E-state index < -0.39 is 17.7 Å². The molecule has 1 aromatic heterocycles. The summed E-state index contributed by atoms with van der Waals surface area (Å²) in [5, 5.41) is 0. The van der Waals surface area contributed by atoms with Crippen molar-refractivity contribution in [3.05, 3.63) is 83.9 Å². The third kappa shape index (κ3) is 4.67. The molecule has 7 heteroatoms. The molecule has 3 N–H and O–H groups in total. The van der Waals surface area contributed by atoms with E-state index in [-0.39, 0.29) is 11.3 Å². The quantitative estimate of drug-likeness (QED) is 0.473. The van der Waals surface area contributed by atoms with Crippen molar-refractivity contribution >= 4 is 11.8 Å². The van der Waals surface area contributed by atoms with Crippen LogP contribution in [0.5, 0.6) is 5.75 Å². The number of hydrogen-bond donors (Lipinski definition) is 2. The van der Waals surface area contributed by atoms with Crippen LogP contribution in [0.15, 0.2) is 67.1 Å². The molecule has 1 aliphatic carbocycles. The molecule has 2 aromatic carbocycles. The average molecular weight is 473 g/mol. The maximum atomic E-state index is 14.0. The number of ether oxygens (including phenoxy) is 1. The van der Waals surface area contributed by atoms with Crippen LogP contribution in [0.3, 0.4) is 0 Å². The van der Waals surface area contributed by atoms with Gasteiger partial charge in [0.1, 0.15) is 5.75 Å². The van der Waals surface area contributed by atoms with Crippen LogP contribution in [0.1, 0.15) is 29.7 Å². The standard InChI is InChI=1S/C28H32N4O3/c1-35-23-11-7-19(8-12-23)13-25(24(26(29)33)14-22-15-30-18-31-22)27(34)32-16-28(17-32,21-9-10-21)20-5-3-2-4-6-20/h2-8,11-12,15,18,21,24-25H,9-10,13-14,16-17H2,1H3,(H2,29,33)(H,30,31)/t24?,25-/m1/s1. The molecule has 2 aliphatic rings. The lowest BCUT2D eigenvalue weighted by atomic mass is 9.69. The molecule has 182 valence electrons. The number of carbonyl (C=O) groups is 2. The molecule has 2 fully saturated rings. The van der Waals surface area contributed by atoms with Crippen LogP contribution in [0.4, 0.5) is 0 Å².